The molecular weight excluding hydrogens is 272 g/mol. The average molecular weight is 290 g/mol. The predicted octanol–water partition coefficient (Wildman–Crippen LogP) is 2.06. The van der Waals surface area contributed by atoms with E-state index in [1.807, 2.05) is 0 Å². The smallest absolute Gasteiger partial charge is 0.339 e. The summed E-state index contributed by atoms with van der Waals surface area (Å²) in [5.41, 5.74) is 0.724. The molecule has 1 aliphatic rings. The van der Waals surface area contributed by atoms with Crippen molar-refractivity contribution >= 4 is 11.5 Å². The van der Waals surface area contributed by atoms with Gasteiger partial charge in [-0.2, -0.15) is 5.10 Å². The van der Waals surface area contributed by atoms with E-state index in [0.717, 1.165) is 18.5 Å². The van der Waals surface area contributed by atoms with Gasteiger partial charge in [-0.15, -0.1) is 0 Å². The average Bonchev–Trinajstić information content (AvgIpc) is 3.12. The molecule has 0 amide bonds. The Morgan fingerprint density at radius 1 is 1.48 bits per heavy atom. The van der Waals surface area contributed by atoms with Crippen molar-refractivity contribution in [2.24, 2.45) is 0 Å². The van der Waals surface area contributed by atoms with Crippen LogP contribution in [0, 0.1) is 0 Å². The molecule has 0 atom stereocenters. The number of aromatic carboxylic acids is 1. The highest BCUT2D eigenvalue weighted by Crippen LogP contribution is 2.44. The Morgan fingerprint density at radius 3 is 2.76 bits per heavy atom. The topological polar surface area (TPSA) is 84.1 Å². The van der Waals surface area contributed by atoms with Crippen LogP contribution in [0.25, 0.3) is 5.52 Å². The molecule has 0 unspecified atom stereocenters. The van der Waals surface area contributed by atoms with Gasteiger partial charge in [0.2, 0.25) is 0 Å². The molecule has 0 saturated heterocycles. The third-order valence-corrected chi connectivity index (χ3v) is 3.46. The number of nitrogens with zero attached hydrogens (tertiary/aromatic N) is 2. The number of carboxylic acid groups (broad SMARTS) is 1. The molecule has 2 heterocycles. The Labute approximate surface area is 122 Å². The molecule has 112 valence electrons. The molecular formula is C15H18N2O4. The Kier molecular flexibility index (Phi) is 3.13. The normalized spacial score (nSPS) is 15.4. The van der Waals surface area contributed by atoms with Crippen molar-refractivity contribution in [3.05, 3.63) is 29.6 Å². The molecule has 1 fully saturated rings. The van der Waals surface area contributed by atoms with Crippen LogP contribution < -0.4 is 4.74 Å². The van der Waals surface area contributed by atoms with Gasteiger partial charge in [-0.3, -0.25) is 0 Å². The Hall–Kier alpha value is -2.08. The van der Waals surface area contributed by atoms with Gasteiger partial charge in [0.25, 0.3) is 0 Å². The van der Waals surface area contributed by atoms with Crippen LogP contribution in [0.4, 0.5) is 0 Å². The Morgan fingerprint density at radius 2 is 2.19 bits per heavy atom. The number of carboxylic acids is 1. The van der Waals surface area contributed by atoms with E-state index in [0.29, 0.717) is 17.2 Å². The Bertz CT molecular complexity index is 695. The maximum absolute atomic E-state index is 11.2. The monoisotopic (exact) mass is 290 g/mol. The molecule has 1 saturated carbocycles. The lowest BCUT2D eigenvalue weighted by molar-refractivity contribution is 0.0279. The van der Waals surface area contributed by atoms with Gasteiger partial charge < -0.3 is 14.9 Å². The van der Waals surface area contributed by atoms with Gasteiger partial charge in [0.15, 0.2) is 0 Å². The molecule has 2 aromatic rings. The summed E-state index contributed by atoms with van der Waals surface area (Å²) in [6.07, 6.45) is 3.45. The first-order valence-corrected chi connectivity index (χ1v) is 6.96. The van der Waals surface area contributed by atoms with Crippen LogP contribution in [0.5, 0.6) is 5.75 Å². The second-order valence-electron chi connectivity index (χ2n) is 6.12. The first-order chi connectivity index (χ1) is 9.87. The lowest BCUT2D eigenvalue weighted by Gasteiger charge is -2.20. The van der Waals surface area contributed by atoms with E-state index in [9.17, 15) is 15.0 Å². The zero-order valence-corrected chi connectivity index (χ0v) is 12.0. The summed E-state index contributed by atoms with van der Waals surface area (Å²) in [5.74, 6) is 0.0103. The maximum atomic E-state index is 11.2. The van der Waals surface area contributed by atoms with Gasteiger partial charge in [0.1, 0.15) is 17.9 Å². The van der Waals surface area contributed by atoms with Crippen molar-refractivity contribution in [1.82, 2.24) is 9.61 Å². The summed E-state index contributed by atoms with van der Waals surface area (Å²) in [5, 5.41) is 23.2. The lowest BCUT2D eigenvalue weighted by Crippen LogP contribution is -2.28. The summed E-state index contributed by atoms with van der Waals surface area (Å²) in [6.45, 7) is 3.53. The number of aliphatic hydroxyl groups is 1. The fraction of sp³-hybridized carbons (Fsp3) is 0.467. The number of hydrogen-bond donors (Lipinski definition) is 2. The highest BCUT2D eigenvalue weighted by molar-refractivity contribution is 5.95. The molecule has 2 N–H and O–H groups in total. The quantitative estimate of drug-likeness (QED) is 0.880. The number of carbonyl (C=O) groups is 1. The number of rotatable bonds is 5. The van der Waals surface area contributed by atoms with Gasteiger partial charge in [-0.05, 0) is 38.8 Å². The summed E-state index contributed by atoms with van der Waals surface area (Å²) >= 11 is 0. The molecule has 6 nitrogen and oxygen atoms in total. The van der Waals surface area contributed by atoms with E-state index in [4.69, 9.17) is 4.74 Å². The highest BCUT2D eigenvalue weighted by atomic mass is 16.5. The van der Waals surface area contributed by atoms with Crippen LogP contribution in [-0.4, -0.2) is 38.0 Å². The third kappa shape index (κ3) is 2.71. The van der Waals surface area contributed by atoms with Crippen molar-refractivity contribution in [2.75, 3.05) is 6.61 Å². The van der Waals surface area contributed by atoms with Crippen molar-refractivity contribution in [3.63, 3.8) is 0 Å². The van der Waals surface area contributed by atoms with Crippen molar-refractivity contribution in [2.45, 2.75) is 38.2 Å². The minimum absolute atomic E-state index is 0.172. The van der Waals surface area contributed by atoms with Gasteiger partial charge in [0, 0.05) is 5.92 Å². The largest absolute Gasteiger partial charge is 0.489 e. The fourth-order valence-electron chi connectivity index (χ4n) is 2.33. The van der Waals surface area contributed by atoms with Gasteiger partial charge in [-0.1, -0.05) is 0 Å². The van der Waals surface area contributed by atoms with Gasteiger partial charge in [-0.25, -0.2) is 9.31 Å². The maximum Gasteiger partial charge on any atom is 0.339 e. The minimum Gasteiger partial charge on any atom is -0.489 e. The number of aromatic nitrogens is 2. The van der Waals surface area contributed by atoms with E-state index < -0.39 is 11.6 Å². The molecule has 0 radical (unpaired) electrons. The lowest BCUT2D eigenvalue weighted by atomic mass is 10.1. The molecule has 3 rings (SSSR count). The van der Waals surface area contributed by atoms with Crippen LogP contribution in [-0.2, 0) is 0 Å². The summed E-state index contributed by atoms with van der Waals surface area (Å²) in [4.78, 5) is 11.2. The molecule has 0 bridgehead atoms. The standard InChI is InChI=1S/C15H18N2O4/c1-15(2,20)8-21-12-6-5-11-10(14(18)19)7-16-17(11)13(12)9-3-4-9/h5-7,9,20H,3-4,8H2,1-2H3,(H,18,19). The fourth-order valence-corrected chi connectivity index (χ4v) is 2.33. The first kappa shape index (κ1) is 13.9. The molecule has 6 heteroatoms. The summed E-state index contributed by atoms with van der Waals surface area (Å²) in [7, 11) is 0. The molecule has 1 aliphatic carbocycles. The second-order valence-corrected chi connectivity index (χ2v) is 6.12. The summed E-state index contributed by atoms with van der Waals surface area (Å²) in [6, 6.07) is 3.46. The molecule has 21 heavy (non-hydrogen) atoms. The van der Waals surface area contributed by atoms with Crippen molar-refractivity contribution in [3.8, 4) is 5.75 Å². The number of fused-ring (bicyclic) bond motifs is 1. The van der Waals surface area contributed by atoms with Gasteiger partial charge >= 0.3 is 5.97 Å². The number of pyridine rings is 1. The van der Waals surface area contributed by atoms with E-state index in [1.165, 1.54) is 6.20 Å². The van der Waals surface area contributed by atoms with E-state index in [1.54, 1.807) is 30.5 Å². The molecule has 0 spiro atoms. The first-order valence-electron chi connectivity index (χ1n) is 6.96. The summed E-state index contributed by atoms with van der Waals surface area (Å²) < 4.78 is 7.38. The zero-order chi connectivity index (χ0) is 15.2. The van der Waals surface area contributed by atoms with Crippen molar-refractivity contribution < 1.29 is 19.7 Å². The number of hydrogen-bond acceptors (Lipinski definition) is 4. The van der Waals surface area contributed by atoms with Gasteiger partial charge in [0.05, 0.1) is 23.0 Å². The van der Waals surface area contributed by atoms with E-state index in [-0.39, 0.29) is 12.2 Å². The predicted molar refractivity (Wildman–Crippen MR) is 75.9 cm³/mol. The molecule has 0 aliphatic heterocycles. The molecule has 0 aromatic carbocycles. The SMILES string of the molecule is CC(C)(O)COc1ccc2c(C(=O)O)cnn2c1C1CC1. The van der Waals surface area contributed by atoms with Crippen molar-refractivity contribution in [1.29, 1.82) is 0 Å². The van der Waals surface area contributed by atoms with E-state index >= 15 is 0 Å². The van der Waals surface area contributed by atoms with Crippen LogP contribution in [0.2, 0.25) is 0 Å². The minimum atomic E-state index is -0.989. The third-order valence-electron chi connectivity index (χ3n) is 3.46. The highest BCUT2D eigenvalue weighted by Gasteiger charge is 2.31. The van der Waals surface area contributed by atoms with Crippen LogP contribution in [0.15, 0.2) is 18.3 Å². The second kappa shape index (κ2) is 4.73. The zero-order valence-electron chi connectivity index (χ0n) is 12.0. The van der Waals surface area contributed by atoms with E-state index in [2.05, 4.69) is 5.10 Å². The van der Waals surface area contributed by atoms with Crippen LogP contribution in [0.1, 0.15) is 48.7 Å². The number of ether oxygens (including phenoxy) is 1. The van der Waals surface area contributed by atoms with Crippen LogP contribution >= 0.6 is 0 Å². The Balaban J connectivity index is 2.05. The molecule has 2 aromatic heterocycles. The van der Waals surface area contributed by atoms with Crippen LogP contribution in [0.3, 0.4) is 0 Å².